The van der Waals surface area contributed by atoms with Crippen LogP contribution in [0.1, 0.15) is 49.7 Å². The first-order chi connectivity index (χ1) is 9.61. The van der Waals surface area contributed by atoms with Crippen LogP contribution in [-0.2, 0) is 4.79 Å². The Balaban J connectivity index is 0.00000220. The van der Waals surface area contributed by atoms with Crippen molar-refractivity contribution in [2.45, 2.75) is 51.5 Å². The Morgan fingerprint density at radius 1 is 1.38 bits per heavy atom. The van der Waals surface area contributed by atoms with Gasteiger partial charge in [-0.15, -0.1) is 12.4 Å². The van der Waals surface area contributed by atoms with Crippen LogP contribution in [0.4, 0.5) is 0 Å². The van der Waals surface area contributed by atoms with E-state index in [1.54, 1.807) is 0 Å². The number of hydrogen-bond donors (Lipinski definition) is 2. The lowest BCUT2D eigenvalue weighted by molar-refractivity contribution is -0.122. The Bertz CT molecular complexity index is 464. The van der Waals surface area contributed by atoms with Crippen LogP contribution in [0, 0.1) is 12.8 Å². The van der Waals surface area contributed by atoms with E-state index in [4.69, 9.17) is 5.73 Å². The Hall–Kier alpha value is -1.06. The van der Waals surface area contributed by atoms with E-state index in [1.807, 2.05) is 12.1 Å². The lowest BCUT2D eigenvalue weighted by Crippen LogP contribution is -2.40. The molecular formula is C17H27ClN2O. The highest BCUT2D eigenvalue weighted by Crippen LogP contribution is 2.26. The molecule has 1 saturated carbocycles. The van der Waals surface area contributed by atoms with Crippen molar-refractivity contribution >= 4 is 18.3 Å². The van der Waals surface area contributed by atoms with E-state index in [1.165, 1.54) is 17.5 Å². The molecule has 0 bridgehead atoms. The van der Waals surface area contributed by atoms with Crippen LogP contribution in [0.2, 0.25) is 0 Å². The van der Waals surface area contributed by atoms with Crippen LogP contribution < -0.4 is 11.1 Å². The Kier molecular flexibility index (Phi) is 7.20. The largest absolute Gasteiger partial charge is 0.353 e. The fraction of sp³-hybridized carbons (Fsp3) is 0.588. The molecule has 1 aliphatic rings. The van der Waals surface area contributed by atoms with Gasteiger partial charge in [-0.3, -0.25) is 4.79 Å². The number of carbonyl (C=O) groups excluding carboxylic acids is 1. The lowest BCUT2D eigenvalue weighted by atomic mass is 9.93. The maximum Gasteiger partial charge on any atom is 0.220 e. The molecule has 1 fully saturated rings. The zero-order valence-electron chi connectivity index (χ0n) is 13.0. The second-order valence-electron chi connectivity index (χ2n) is 6.06. The number of hydrogen-bond acceptors (Lipinski definition) is 2. The van der Waals surface area contributed by atoms with Crippen molar-refractivity contribution in [3.63, 3.8) is 0 Å². The molecule has 2 rings (SSSR count). The van der Waals surface area contributed by atoms with Crippen LogP contribution in [0.15, 0.2) is 24.3 Å². The third-order valence-corrected chi connectivity index (χ3v) is 4.52. The first kappa shape index (κ1) is 18.0. The third kappa shape index (κ3) is 4.72. The monoisotopic (exact) mass is 310 g/mol. The minimum atomic E-state index is 0. The summed E-state index contributed by atoms with van der Waals surface area (Å²) in [4.78, 5) is 12.2. The summed E-state index contributed by atoms with van der Waals surface area (Å²) in [5.41, 5.74) is 8.29. The molecule has 1 aromatic carbocycles. The van der Waals surface area contributed by atoms with Crippen molar-refractivity contribution in [1.82, 2.24) is 5.32 Å². The predicted octanol–water partition coefficient (Wildman–Crippen LogP) is 3.15. The number of nitrogens with one attached hydrogen (secondary N) is 1. The molecule has 1 aliphatic carbocycles. The van der Waals surface area contributed by atoms with Gasteiger partial charge in [-0.1, -0.05) is 37.6 Å². The van der Waals surface area contributed by atoms with E-state index in [2.05, 4.69) is 31.3 Å². The third-order valence-electron chi connectivity index (χ3n) is 4.52. The number of aryl methyl sites for hydroxylation is 1. The molecular weight excluding hydrogens is 284 g/mol. The van der Waals surface area contributed by atoms with Crippen LogP contribution >= 0.6 is 12.4 Å². The summed E-state index contributed by atoms with van der Waals surface area (Å²) in [6.07, 6.45) is 3.96. The number of rotatable bonds is 5. The topological polar surface area (TPSA) is 55.1 Å². The molecule has 3 N–H and O–H groups in total. The van der Waals surface area contributed by atoms with Crippen molar-refractivity contribution in [2.24, 2.45) is 11.7 Å². The van der Waals surface area contributed by atoms with Crippen LogP contribution in [0.5, 0.6) is 0 Å². The van der Waals surface area contributed by atoms with Gasteiger partial charge in [0, 0.05) is 12.5 Å². The number of amides is 1. The Morgan fingerprint density at radius 2 is 2.10 bits per heavy atom. The SMILES string of the molecule is Cc1ccccc1C(C)CC(=O)NC1CCCC1CN.Cl. The van der Waals surface area contributed by atoms with E-state index in [0.29, 0.717) is 18.9 Å². The van der Waals surface area contributed by atoms with Gasteiger partial charge in [0.25, 0.3) is 0 Å². The fourth-order valence-corrected chi connectivity index (χ4v) is 3.30. The summed E-state index contributed by atoms with van der Waals surface area (Å²) in [5.74, 6) is 0.882. The van der Waals surface area contributed by atoms with Gasteiger partial charge in [0.05, 0.1) is 0 Å². The van der Waals surface area contributed by atoms with Crippen molar-refractivity contribution in [3.8, 4) is 0 Å². The molecule has 0 heterocycles. The first-order valence-corrected chi connectivity index (χ1v) is 7.66. The quantitative estimate of drug-likeness (QED) is 0.877. The first-order valence-electron chi connectivity index (χ1n) is 7.66. The minimum absolute atomic E-state index is 0. The van der Waals surface area contributed by atoms with Gasteiger partial charge >= 0.3 is 0 Å². The number of nitrogens with two attached hydrogens (primary N) is 1. The summed E-state index contributed by atoms with van der Waals surface area (Å²) >= 11 is 0. The van der Waals surface area contributed by atoms with Crippen LogP contribution in [0.3, 0.4) is 0 Å². The zero-order valence-corrected chi connectivity index (χ0v) is 13.8. The Morgan fingerprint density at radius 3 is 2.76 bits per heavy atom. The smallest absolute Gasteiger partial charge is 0.220 e. The summed E-state index contributed by atoms with van der Waals surface area (Å²) in [6, 6.07) is 8.58. The average molecular weight is 311 g/mol. The highest BCUT2D eigenvalue weighted by atomic mass is 35.5. The maximum atomic E-state index is 12.2. The van der Waals surface area contributed by atoms with Gasteiger partial charge < -0.3 is 11.1 Å². The predicted molar refractivity (Wildman–Crippen MR) is 89.8 cm³/mol. The summed E-state index contributed by atoms with van der Waals surface area (Å²) in [7, 11) is 0. The molecule has 3 nitrogen and oxygen atoms in total. The fourth-order valence-electron chi connectivity index (χ4n) is 3.30. The highest BCUT2D eigenvalue weighted by Gasteiger charge is 2.27. The van der Waals surface area contributed by atoms with E-state index in [0.717, 1.165) is 12.8 Å². The molecule has 4 heteroatoms. The molecule has 0 aliphatic heterocycles. The van der Waals surface area contributed by atoms with Crippen LogP contribution in [-0.4, -0.2) is 18.5 Å². The lowest BCUT2D eigenvalue weighted by Gasteiger charge is -2.21. The zero-order chi connectivity index (χ0) is 14.5. The maximum absolute atomic E-state index is 12.2. The van der Waals surface area contributed by atoms with Gasteiger partial charge in [0.1, 0.15) is 0 Å². The normalized spacial score (nSPS) is 22.4. The molecule has 118 valence electrons. The van der Waals surface area contributed by atoms with E-state index in [9.17, 15) is 4.79 Å². The van der Waals surface area contributed by atoms with Crippen LogP contribution in [0.25, 0.3) is 0 Å². The second-order valence-corrected chi connectivity index (χ2v) is 6.06. The molecule has 1 aromatic rings. The van der Waals surface area contributed by atoms with Crippen molar-refractivity contribution in [1.29, 1.82) is 0 Å². The molecule has 0 spiro atoms. The van der Waals surface area contributed by atoms with Gasteiger partial charge in [-0.25, -0.2) is 0 Å². The molecule has 0 saturated heterocycles. The molecule has 21 heavy (non-hydrogen) atoms. The summed E-state index contributed by atoms with van der Waals surface area (Å²) < 4.78 is 0. The van der Waals surface area contributed by atoms with E-state index >= 15 is 0 Å². The molecule has 0 radical (unpaired) electrons. The number of benzene rings is 1. The van der Waals surface area contributed by atoms with Gasteiger partial charge in [-0.05, 0) is 49.3 Å². The summed E-state index contributed by atoms with van der Waals surface area (Å²) in [6.45, 7) is 4.90. The average Bonchev–Trinajstić information content (AvgIpc) is 2.86. The van der Waals surface area contributed by atoms with Crippen molar-refractivity contribution in [3.05, 3.63) is 35.4 Å². The number of carbonyl (C=O) groups is 1. The van der Waals surface area contributed by atoms with Gasteiger partial charge in [0.2, 0.25) is 5.91 Å². The van der Waals surface area contributed by atoms with E-state index < -0.39 is 0 Å². The minimum Gasteiger partial charge on any atom is -0.353 e. The van der Waals surface area contributed by atoms with Gasteiger partial charge in [-0.2, -0.15) is 0 Å². The Labute approximate surface area is 134 Å². The second kappa shape index (κ2) is 8.40. The molecule has 0 aromatic heterocycles. The van der Waals surface area contributed by atoms with Crippen molar-refractivity contribution < 1.29 is 4.79 Å². The van der Waals surface area contributed by atoms with E-state index in [-0.39, 0.29) is 30.3 Å². The molecule has 3 atom stereocenters. The summed E-state index contributed by atoms with van der Waals surface area (Å²) in [5, 5.41) is 3.18. The molecule has 3 unspecified atom stereocenters. The van der Waals surface area contributed by atoms with Crippen molar-refractivity contribution in [2.75, 3.05) is 6.54 Å². The highest BCUT2D eigenvalue weighted by molar-refractivity contribution is 5.85. The number of halogens is 1. The molecule has 1 amide bonds. The van der Waals surface area contributed by atoms with Gasteiger partial charge in [0.15, 0.2) is 0 Å². The standard InChI is InChI=1S/C17H26N2O.ClH/c1-12-6-3-4-8-15(12)13(2)10-17(20)19-16-9-5-7-14(16)11-18;/h3-4,6,8,13-14,16H,5,7,9-11,18H2,1-2H3,(H,19,20);1H.